The molecule has 0 radical (unpaired) electrons. The Morgan fingerprint density at radius 2 is 2.39 bits per heavy atom. The highest BCUT2D eigenvalue weighted by molar-refractivity contribution is 8.00. The van der Waals surface area contributed by atoms with E-state index in [1.165, 1.54) is 23.3 Å². The molecule has 1 fully saturated rings. The summed E-state index contributed by atoms with van der Waals surface area (Å²) in [6, 6.07) is 6.58. The largest absolute Gasteiger partial charge is 0.493 e. The number of aliphatic imine (C=N–C) groups is 1. The molecule has 0 amide bonds. The van der Waals surface area contributed by atoms with E-state index in [-0.39, 0.29) is 0 Å². The lowest BCUT2D eigenvalue weighted by atomic mass is 10.1. The molecule has 3 rings (SSSR count). The Morgan fingerprint density at radius 1 is 1.48 bits per heavy atom. The number of fused-ring (bicyclic) bond motifs is 1. The van der Waals surface area contributed by atoms with Crippen LogP contribution in [0.4, 0.5) is 0 Å². The van der Waals surface area contributed by atoms with Crippen LogP contribution in [0.5, 0.6) is 5.75 Å². The number of guanidine groups is 1. The smallest absolute Gasteiger partial charge is 0.193 e. The van der Waals surface area contributed by atoms with Crippen LogP contribution in [0.15, 0.2) is 23.2 Å². The predicted octanol–water partition coefficient (Wildman–Crippen LogP) is 2.57. The first-order chi connectivity index (χ1) is 11.3. The number of nitrogens with zero attached hydrogens (tertiary/aromatic N) is 2. The lowest BCUT2D eigenvalue weighted by molar-refractivity contribution is 0.357. The number of hydrogen-bond acceptors (Lipinski definition) is 3. The summed E-state index contributed by atoms with van der Waals surface area (Å²) < 4.78 is 5.57. The van der Waals surface area contributed by atoms with Crippen LogP contribution in [0, 0.1) is 0 Å². The van der Waals surface area contributed by atoms with Crippen LogP contribution < -0.4 is 10.1 Å². The van der Waals surface area contributed by atoms with Crippen LogP contribution in [0.25, 0.3) is 0 Å². The monoisotopic (exact) mass is 333 g/mol. The third kappa shape index (κ3) is 4.14. The maximum absolute atomic E-state index is 5.57. The van der Waals surface area contributed by atoms with Gasteiger partial charge in [0, 0.05) is 44.1 Å². The average molecular weight is 334 g/mol. The van der Waals surface area contributed by atoms with Crippen molar-refractivity contribution in [2.75, 3.05) is 39.0 Å². The van der Waals surface area contributed by atoms with Gasteiger partial charge in [-0.1, -0.05) is 19.1 Å². The van der Waals surface area contributed by atoms with E-state index in [1.54, 1.807) is 0 Å². The summed E-state index contributed by atoms with van der Waals surface area (Å²) in [4.78, 5) is 6.88. The van der Waals surface area contributed by atoms with Gasteiger partial charge in [-0.15, -0.1) is 0 Å². The van der Waals surface area contributed by atoms with E-state index in [2.05, 4.69) is 52.1 Å². The quantitative estimate of drug-likeness (QED) is 0.679. The second-order valence-corrected chi connectivity index (χ2v) is 7.52. The Balaban J connectivity index is 1.50. The first-order valence-corrected chi connectivity index (χ1v) is 9.67. The van der Waals surface area contributed by atoms with Gasteiger partial charge in [-0.25, -0.2) is 0 Å². The summed E-state index contributed by atoms with van der Waals surface area (Å²) in [7, 11) is 1.89. The first-order valence-electron chi connectivity index (χ1n) is 8.62. The summed E-state index contributed by atoms with van der Waals surface area (Å²) in [5.74, 6) is 3.31. The molecule has 0 aromatic heterocycles. The van der Waals surface area contributed by atoms with Gasteiger partial charge in [0.25, 0.3) is 0 Å². The molecule has 2 aliphatic rings. The van der Waals surface area contributed by atoms with Crippen molar-refractivity contribution in [3.05, 3.63) is 29.3 Å². The number of thioether (sulfide) groups is 1. The fourth-order valence-electron chi connectivity index (χ4n) is 3.21. The lowest BCUT2D eigenvalue weighted by Crippen LogP contribution is -2.48. The maximum atomic E-state index is 5.57. The molecule has 5 heteroatoms. The molecule has 0 bridgehead atoms. The van der Waals surface area contributed by atoms with E-state index < -0.39 is 0 Å². The highest BCUT2D eigenvalue weighted by Gasteiger charge is 2.21. The van der Waals surface area contributed by atoms with E-state index in [0.717, 1.165) is 56.0 Å². The lowest BCUT2D eigenvalue weighted by Gasteiger charge is -2.34. The summed E-state index contributed by atoms with van der Waals surface area (Å²) in [6.45, 7) is 6.23. The summed E-state index contributed by atoms with van der Waals surface area (Å²) in [5.41, 5.74) is 2.73. The number of ether oxygens (including phenoxy) is 1. The molecular weight excluding hydrogens is 306 g/mol. The van der Waals surface area contributed by atoms with Gasteiger partial charge in [-0.3, -0.25) is 4.99 Å². The van der Waals surface area contributed by atoms with Crippen LogP contribution in [0.1, 0.15) is 24.5 Å². The molecule has 1 aromatic carbocycles. The van der Waals surface area contributed by atoms with Gasteiger partial charge in [-0.05, 0) is 30.0 Å². The molecule has 1 atom stereocenters. The van der Waals surface area contributed by atoms with Crippen molar-refractivity contribution < 1.29 is 4.74 Å². The SMILES string of the molecule is CCC1CN(C(=NC)NCCc2ccc3c(c2)CCO3)CCS1. The highest BCUT2D eigenvalue weighted by Crippen LogP contribution is 2.26. The molecule has 1 N–H and O–H groups in total. The Kier molecular flexibility index (Phi) is 5.70. The van der Waals surface area contributed by atoms with Crippen molar-refractivity contribution in [1.29, 1.82) is 0 Å². The van der Waals surface area contributed by atoms with Crippen LogP contribution in [0.2, 0.25) is 0 Å². The van der Waals surface area contributed by atoms with Crippen molar-refractivity contribution in [2.45, 2.75) is 31.4 Å². The minimum absolute atomic E-state index is 0.735. The number of nitrogens with one attached hydrogen (secondary N) is 1. The topological polar surface area (TPSA) is 36.9 Å². The molecule has 23 heavy (non-hydrogen) atoms. The van der Waals surface area contributed by atoms with E-state index in [9.17, 15) is 0 Å². The maximum Gasteiger partial charge on any atom is 0.193 e. The second kappa shape index (κ2) is 7.95. The molecule has 1 saturated heterocycles. The fourth-order valence-corrected chi connectivity index (χ4v) is 4.39. The third-order valence-electron chi connectivity index (χ3n) is 4.56. The first kappa shape index (κ1) is 16.5. The van der Waals surface area contributed by atoms with Gasteiger partial charge in [-0.2, -0.15) is 11.8 Å². The highest BCUT2D eigenvalue weighted by atomic mass is 32.2. The van der Waals surface area contributed by atoms with Crippen molar-refractivity contribution in [3.63, 3.8) is 0 Å². The number of hydrogen-bond donors (Lipinski definition) is 1. The van der Waals surface area contributed by atoms with Crippen molar-refractivity contribution in [1.82, 2.24) is 10.2 Å². The van der Waals surface area contributed by atoms with Crippen LogP contribution in [-0.4, -0.2) is 55.2 Å². The van der Waals surface area contributed by atoms with Gasteiger partial charge in [0.2, 0.25) is 0 Å². The molecule has 0 saturated carbocycles. The fraction of sp³-hybridized carbons (Fsp3) is 0.611. The van der Waals surface area contributed by atoms with Gasteiger partial charge >= 0.3 is 0 Å². The van der Waals surface area contributed by atoms with Gasteiger partial charge in [0.1, 0.15) is 5.75 Å². The minimum atomic E-state index is 0.735. The van der Waals surface area contributed by atoms with E-state index in [1.807, 2.05) is 7.05 Å². The molecule has 2 heterocycles. The molecule has 2 aliphatic heterocycles. The van der Waals surface area contributed by atoms with Crippen molar-refractivity contribution in [3.8, 4) is 5.75 Å². The van der Waals surface area contributed by atoms with Crippen LogP contribution in [0.3, 0.4) is 0 Å². The van der Waals surface area contributed by atoms with Crippen LogP contribution in [-0.2, 0) is 12.8 Å². The Labute approximate surface area is 143 Å². The molecular formula is C18H27N3OS. The minimum Gasteiger partial charge on any atom is -0.493 e. The van der Waals surface area contributed by atoms with E-state index in [4.69, 9.17) is 4.74 Å². The number of benzene rings is 1. The zero-order valence-electron chi connectivity index (χ0n) is 14.2. The van der Waals surface area contributed by atoms with Gasteiger partial charge in [0.05, 0.1) is 6.61 Å². The molecule has 4 nitrogen and oxygen atoms in total. The standard InChI is InChI=1S/C18H27N3OS/c1-3-16-13-21(9-11-23-16)18(19-2)20-8-6-14-4-5-17-15(12-14)7-10-22-17/h4-5,12,16H,3,6-11,13H2,1-2H3,(H,19,20). The van der Waals surface area contributed by atoms with E-state index >= 15 is 0 Å². The van der Waals surface area contributed by atoms with Gasteiger partial charge < -0.3 is 15.0 Å². The summed E-state index contributed by atoms with van der Waals surface area (Å²) in [5, 5.41) is 4.27. The molecule has 0 spiro atoms. The Morgan fingerprint density at radius 3 is 3.22 bits per heavy atom. The predicted molar refractivity (Wildman–Crippen MR) is 98.8 cm³/mol. The zero-order valence-corrected chi connectivity index (χ0v) is 15.0. The normalized spacial score (nSPS) is 21.0. The Bertz CT molecular complexity index is 561. The molecule has 0 aliphatic carbocycles. The van der Waals surface area contributed by atoms with E-state index in [0.29, 0.717) is 0 Å². The van der Waals surface area contributed by atoms with Crippen LogP contribution >= 0.6 is 11.8 Å². The second-order valence-electron chi connectivity index (χ2n) is 6.11. The molecule has 1 unspecified atom stereocenters. The van der Waals surface area contributed by atoms with Gasteiger partial charge in [0.15, 0.2) is 5.96 Å². The molecule has 1 aromatic rings. The zero-order chi connectivity index (χ0) is 16.1. The molecule has 126 valence electrons. The van der Waals surface area contributed by atoms with Crippen molar-refractivity contribution in [2.24, 2.45) is 4.99 Å². The summed E-state index contributed by atoms with van der Waals surface area (Å²) in [6.07, 6.45) is 3.30. The van der Waals surface area contributed by atoms with Crippen molar-refractivity contribution >= 4 is 17.7 Å². The number of rotatable bonds is 4. The summed E-state index contributed by atoms with van der Waals surface area (Å²) >= 11 is 2.09. The Hall–Kier alpha value is -1.36. The average Bonchev–Trinajstić information content (AvgIpc) is 3.06. The third-order valence-corrected chi connectivity index (χ3v) is 5.93.